The smallest absolute Gasteiger partial charge is 0.407 e. The maximum Gasteiger partial charge on any atom is 0.407 e. The summed E-state index contributed by atoms with van der Waals surface area (Å²) in [5, 5.41) is 33.6. The highest BCUT2D eigenvalue weighted by Crippen LogP contribution is 2.34. The summed E-state index contributed by atoms with van der Waals surface area (Å²) in [6, 6.07) is 2.16. The molecule has 0 aliphatic carbocycles. The Morgan fingerprint density at radius 2 is 2.04 bits per heavy atom. The Morgan fingerprint density at radius 3 is 2.56 bits per heavy atom. The Balaban J connectivity index is 2.71. The fourth-order valence-electron chi connectivity index (χ4n) is 1.98. The molecule has 0 heterocycles. The molecule has 0 radical (unpaired) electrons. The Kier molecular flexibility index (Phi) is 6.97. The molecule has 0 bridgehead atoms. The highest BCUT2D eigenvalue weighted by Gasteiger charge is 2.25. The number of nitrogens with one attached hydrogen (secondary N) is 1. The van der Waals surface area contributed by atoms with E-state index in [0.717, 1.165) is 12.1 Å². The van der Waals surface area contributed by atoms with Gasteiger partial charge in [0, 0.05) is 23.2 Å². The summed E-state index contributed by atoms with van der Waals surface area (Å²) in [7, 11) is 0. The predicted octanol–water partition coefficient (Wildman–Crippen LogP) is 2.14. The molecule has 2 unspecified atom stereocenters. The number of nitrogens with zero attached hydrogens (tertiary/aromatic N) is 1. The van der Waals surface area contributed by atoms with Crippen LogP contribution in [0, 0.1) is 10.1 Å². The van der Waals surface area contributed by atoms with Crippen LogP contribution in [0.25, 0.3) is 0 Å². The van der Waals surface area contributed by atoms with Crippen molar-refractivity contribution in [3.05, 3.63) is 32.8 Å². The molecule has 0 saturated heterocycles. The van der Waals surface area contributed by atoms with Crippen LogP contribution in [-0.2, 0) is 4.74 Å². The van der Waals surface area contributed by atoms with E-state index in [1.165, 1.54) is 0 Å². The largest absolute Gasteiger partial charge is 0.444 e. The normalized spacial score (nSPS) is 13.8. The van der Waals surface area contributed by atoms with E-state index in [0.29, 0.717) is 0 Å². The lowest BCUT2D eigenvalue weighted by molar-refractivity contribution is -0.384. The molecule has 5 N–H and O–H groups in total. The number of nitro benzene ring substituents is 1. The molecule has 1 aromatic carbocycles. The number of amides is 1. The first-order valence-corrected chi connectivity index (χ1v) is 7.86. The van der Waals surface area contributed by atoms with Gasteiger partial charge >= 0.3 is 6.09 Å². The van der Waals surface area contributed by atoms with Crippen molar-refractivity contribution in [3.63, 3.8) is 0 Å². The van der Waals surface area contributed by atoms with E-state index in [1.54, 1.807) is 20.8 Å². The zero-order chi connectivity index (χ0) is 19.4. The number of hydrogen-bond acceptors (Lipinski definition) is 7. The number of nitrogen functional groups attached to an aromatic ring is 1. The first kappa shape index (κ1) is 20.9. The lowest BCUT2D eigenvalue weighted by Crippen LogP contribution is -2.34. The van der Waals surface area contributed by atoms with Crippen LogP contribution in [-0.4, -0.2) is 39.5 Å². The van der Waals surface area contributed by atoms with E-state index in [-0.39, 0.29) is 29.2 Å². The first-order chi connectivity index (χ1) is 11.4. The average Bonchev–Trinajstić information content (AvgIpc) is 2.44. The summed E-state index contributed by atoms with van der Waals surface area (Å²) in [5.41, 5.74) is 4.26. The maximum atomic E-state index is 11.5. The highest BCUT2D eigenvalue weighted by molar-refractivity contribution is 6.31. The molecule has 1 rings (SSSR count). The molecule has 9 nitrogen and oxygen atoms in total. The van der Waals surface area contributed by atoms with Gasteiger partial charge in [0.25, 0.3) is 5.69 Å². The van der Waals surface area contributed by atoms with Crippen LogP contribution in [0.15, 0.2) is 12.1 Å². The third-order valence-electron chi connectivity index (χ3n) is 3.13. The number of alkyl carbamates (subject to hydrolysis) is 1. The van der Waals surface area contributed by atoms with Crippen LogP contribution >= 0.6 is 11.6 Å². The molecule has 0 spiro atoms. The molecule has 0 aliphatic rings. The van der Waals surface area contributed by atoms with Crippen molar-refractivity contribution in [1.29, 1.82) is 0 Å². The molecular weight excluding hydrogens is 354 g/mol. The minimum absolute atomic E-state index is 0.00486. The van der Waals surface area contributed by atoms with Gasteiger partial charge in [0.05, 0.1) is 11.0 Å². The van der Waals surface area contributed by atoms with E-state index in [9.17, 15) is 25.1 Å². The molecule has 2 atom stereocenters. The van der Waals surface area contributed by atoms with Gasteiger partial charge in [-0.3, -0.25) is 10.1 Å². The van der Waals surface area contributed by atoms with Crippen LogP contribution in [0.1, 0.15) is 38.9 Å². The van der Waals surface area contributed by atoms with E-state index in [1.807, 2.05) is 0 Å². The van der Waals surface area contributed by atoms with E-state index in [2.05, 4.69) is 5.32 Å². The van der Waals surface area contributed by atoms with Gasteiger partial charge in [-0.15, -0.1) is 0 Å². The summed E-state index contributed by atoms with van der Waals surface area (Å²) < 4.78 is 5.03. The predicted molar refractivity (Wildman–Crippen MR) is 92.3 cm³/mol. The molecule has 0 aliphatic heterocycles. The molecule has 1 amide bonds. The second-order valence-electron chi connectivity index (χ2n) is 6.42. The van der Waals surface area contributed by atoms with Crippen molar-refractivity contribution in [1.82, 2.24) is 5.32 Å². The number of ether oxygens (including phenoxy) is 1. The second-order valence-corrected chi connectivity index (χ2v) is 6.83. The van der Waals surface area contributed by atoms with Crippen LogP contribution < -0.4 is 11.1 Å². The number of nitro groups is 1. The molecule has 0 fully saturated rings. The number of aliphatic hydroxyl groups is 2. The van der Waals surface area contributed by atoms with Crippen molar-refractivity contribution < 1.29 is 24.7 Å². The van der Waals surface area contributed by atoms with Gasteiger partial charge in [-0.1, -0.05) is 11.6 Å². The molecule has 140 valence electrons. The minimum Gasteiger partial charge on any atom is -0.444 e. The number of rotatable bonds is 6. The number of anilines is 1. The second kappa shape index (κ2) is 8.32. The number of halogens is 1. The Bertz CT molecular complexity index is 647. The van der Waals surface area contributed by atoms with Crippen molar-refractivity contribution in [2.45, 2.75) is 45.0 Å². The van der Waals surface area contributed by atoms with Crippen LogP contribution in [0.4, 0.5) is 16.2 Å². The third-order valence-corrected chi connectivity index (χ3v) is 3.46. The van der Waals surface area contributed by atoms with Crippen molar-refractivity contribution in [2.75, 3.05) is 12.3 Å². The van der Waals surface area contributed by atoms with Gasteiger partial charge in [-0.05, 0) is 33.3 Å². The third kappa shape index (κ3) is 6.37. The van der Waals surface area contributed by atoms with Crippen LogP contribution in [0.2, 0.25) is 5.02 Å². The maximum absolute atomic E-state index is 11.5. The summed E-state index contributed by atoms with van der Waals surface area (Å²) in [4.78, 5) is 21.7. The monoisotopic (exact) mass is 375 g/mol. The van der Waals surface area contributed by atoms with Gasteiger partial charge in [0.2, 0.25) is 0 Å². The molecule has 10 heteroatoms. The Labute approximate surface area is 149 Å². The lowest BCUT2D eigenvalue weighted by Gasteiger charge is -2.21. The van der Waals surface area contributed by atoms with Gasteiger partial charge in [-0.25, -0.2) is 4.79 Å². The molecular formula is C15H22ClN3O6. The number of benzene rings is 1. The van der Waals surface area contributed by atoms with E-state index in [4.69, 9.17) is 22.1 Å². The summed E-state index contributed by atoms with van der Waals surface area (Å²) in [5.74, 6) is 0. The number of carbonyl (C=O) groups excluding carboxylic acids is 1. The van der Waals surface area contributed by atoms with Gasteiger partial charge in [0.15, 0.2) is 0 Å². The highest BCUT2D eigenvalue weighted by atomic mass is 35.5. The minimum atomic E-state index is -1.48. The first-order valence-electron chi connectivity index (χ1n) is 7.48. The van der Waals surface area contributed by atoms with Crippen LogP contribution in [0.5, 0.6) is 0 Å². The molecule has 25 heavy (non-hydrogen) atoms. The van der Waals surface area contributed by atoms with Crippen molar-refractivity contribution in [2.24, 2.45) is 0 Å². The average molecular weight is 376 g/mol. The fourth-order valence-corrected chi connectivity index (χ4v) is 2.26. The van der Waals surface area contributed by atoms with Crippen molar-refractivity contribution in [3.8, 4) is 0 Å². The molecule has 1 aromatic rings. The van der Waals surface area contributed by atoms with Crippen molar-refractivity contribution >= 4 is 29.1 Å². The summed E-state index contributed by atoms with van der Waals surface area (Å²) in [6.07, 6.45) is -3.47. The Morgan fingerprint density at radius 1 is 1.44 bits per heavy atom. The Hall–Kier alpha value is -2.10. The summed E-state index contributed by atoms with van der Waals surface area (Å²) >= 11 is 5.94. The summed E-state index contributed by atoms with van der Waals surface area (Å²) in [6.45, 7) is 5.16. The quantitative estimate of drug-likeness (QED) is 0.338. The number of hydrogen-bond donors (Lipinski definition) is 4. The van der Waals surface area contributed by atoms with E-state index >= 15 is 0 Å². The topological polar surface area (TPSA) is 148 Å². The van der Waals surface area contributed by atoms with Gasteiger partial charge in [-0.2, -0.15) is 0 Å². The standard InChI is InChI=1S/C15H22ClN3O6/c1-15(2,3)25-14(22)18-5-4-12(20)13(21)8-6-11(19(23)24)10(17)7-9(8)16/h6-7,12-13,20-21H,4-5,17H2,1-3H3,(H,18,22). The fraction of sp³-hybridized carbons (Fsp3) is 0.533. The SMILES string of the molecule is CC(C)(C)OC(=O)NCCC(O)C(O)c1cc([N+](=O)[O-])c(N)cc1Cl. The zero-order valence-electron chi connectivity index (χ0n) is 14.2. The van der Waals surface area contributed by atoms with Gasteiger partial charge < -0.3 is 26.0 Å². The molecule has 0 aromatic heterocycles. The number of nitrogens with two attached hydrogens (primary N) is 1. The number of carbonyl (C=O) groups is 1. The number of aliphatic hydroxyl groups excluding tert-OH is 2. The zero-order valence-corrected chi connectivity index (χ0v) is 14.9. The lowest BCUT2D eigenvalue weighted by atomic mass is 10.0. The molecule has 0 saturated carbocycles. The van der Waals surface area contributed by atoms with Gasteiger partial charge in [0.1, 0.15) is 17.4 Å². The van der Waals surface area contributed by atoms with E-state index < -0.39 is 34.5 Å². The van der Waals surface area contributed by atoms with Crippen LogP contribution in [0.3, 0.4) is 0 Å².